The molecule has 13 heavy (non-hydrogen) atoms. The maximum Gasteiger partial charge on any atom is 0.140 e. The smallest absolute Gasteiger partial charge is 0.140 e. The number of nitrogens with zero attached hydrogens (tertiary/aromatic N) is 4. The van der Waals surface area contributed by atoms with Gasteiger partial charge in [0, 0.05) is 7.05 Å². The fourth-order valence-electron chi connectivity index (χ4n) is 1.14. The number of hydrogen-bond acceptors (Lipinski definition) is 4. The van der Waals surface area contributed by atoms with E-state index < -0.39 is 0 Å². The molecular weight excluding hydrogens is 166 g/mol. The minimum atomic E-state index is 0.739. The first-order chi connectivity index (χ1) is 6.24. The van der Waals surface area contributed by atoms with E-state index in [0.29, 0.717) is 0 Å². The largest absolute Gasteiger partial charge is 0.330 e. The molecule has 1 aromatic rings. The molecule has 0 aliphatic rings. The van der Waals surface area contributed by atoms with E-state index in [0.717, 1.165) is 31.9 Å². The zero-order valence-corrected chi connectivity index (χ0v) is 8.27. The lowest BCUT2D eigenvalue weighted by Crippen LogP contribution is -2.23. The lowest BCUT2D eigenvalue weighted by Gasteiger charge is -2.14. The van der Waals surface area contributed by atoms with Gasteiger partial charge in [0.2, 0.25) is 0 Å². The van der Waals surface area contributed by atoms with Gasteiger partial charge in [0.25, 0.3) is 0 Å². The van der Waals surface area contributed by atoms with E-state index in [4.69, 9.17) is 5.73 Å². The summed E-state index contributed by atoms with van der Waals surface area (Å²) in [5.41, 5.74) is 5.42. The first-order valence-corrected chi connectivity index (χ1v) is 4.45. The van der Waals surface area contributed by atoms with Crippen molar-refractivity contribution in [1.82, 2.24) is 19.7 Å². The lowest BCUT2D eigenvalue weighted by molar-refractivity contribution is 0.310. The zero-order valence-electron chi connectivity index (χ0n) is 8.27. The summed E-state index contributed by atoms with van der Waals surface area (Å²) in [5.74, 6) is 0.986. The third kappa shape index (κ3) is 3.12. The van der Waals surface area contributed by atoms with Gasteiger partial charge in [-0.15, -0.1) is 0 Å². The summed E-state index contributed by atoms with van der Waals surface area (Å²) in [6, 6.07) is 0. The van der Waals surface area contributed by atoms with Gasteiger partial charge < -0.3 is 5.73 Å². The predicted octanol–water partition coefficient (Wildman–Crippen LogP) is -0.404. The van der Waals surface area contributed by atoms with Crippen LogP contribution in [0.3, 0.4) is 0 Å². The summed E-state index contributed by atoms with van der Waals surface area (Å²) in [6.07, 6.45) is 2.60. The van der Waals surface area contributed by atoms with Gasteiger partial charge in [-0.2, -0.15) is 5.10 Å². The number of aryl methyl sites for hydroxylation is 1. The molecule has 0 saturated heterocycles. The molecule has 0 aliphatic carbocycles. The summed E-state index contributed by atoms with van der Waals surface area (Å²) in [4.78, 5) is 6.33. The Bertz CT molecular complexity index is 244. The maximum atomic E-state index is 5.42. The SMILES string of the molecule is CN(CCCN)Cc1ncnn1C. The third-order valence-corrected chi connectivity index (χ3v) is 1.96. The highest BCUT2D eigenvalue weighted by atomic mass is 15.3. The topological polar surface area (TPSA) is 60.0 Å². The Morgan fingerprint density at radius 3 is 2.92 bits per heavy atom. The Kier molecular flexibility index (Phi) is 3.85. The quantitative estimate of drug-likeness (QED) is 0.674. The molecular formula is C8H17N5. The maximum absolute atomic E-state index is 5.42. The number of hydrogen-bond donors (Lipinski definition) is 1. The van der Waals surface area contributed by atoms with E-state index in [1.165, 1.54) is 0 Å². The van der Waals surface area contributed by atoms with Gasteiger partial charge in [-0.1, -0.05) is 0 Å². The Morgan fingerprint density at radius 1 is 1.62 bits per heavy atom. The molecule has 1 aromatic heterocycles. The summed E-state index contributed by atoms with van der Waals surface area (Å²) in [7, 11) is 3.96. The van der Waals surface area contributed by atoms with Crippen molar-refractivity contribution in [3.8, 4) is 0 Å². The normalized spacial score (nSPS) is 11.1. The Balaban J connectivity index is 2.36. The Morgan fingerprint density at radius 2 is 2.38 bits per heavy atom. The van der Waals surface area contributed by atoms with Crippen LogP contribution in [-0.2, 0) is 13.6 Å². The average Bonchev–Trinajstić information content (AvgIpc) is 2.48. The van der Waals surface area contributed by atoms with Crippen molar-refractivity contribution in [2.45, 2.75) is 13.0 Å². The van der Waals surface area contributed by atoms with Crippen molar-refractivity contribution in [2.75, 3.05) is 20.1 Å². The van der Waals surface area contributed by atoms with Crippen molar-refractivity contribution in [1.29, 1.82) is 0 Å². The van der Waals surface area contributed by atoms with E-state index in [1.807, 2.05) is 7.05 Å². The van der Waals surface area contributed by atoms with Gasteiger partial charge in [-0.3, -0.25) is 9.58 Å². The Hall–Kier alpha value is -0.940. The predicted molar refractivity (Wildman–Crippen MR) is 51.0 cm³/mol. The van der Waals surface area contributed by atoms with Crippen LogP contribution in [0.4, 0.5) is 0 Å². The zero-order chi connectivity index (χ0) is 9.68. The summed E-state index contributed by atoms with van der Waals surface area (Å²) in [6.45, 7) is 2.57. The standard InChI is InChI=1S/C8H17N5/c1-12(5-3-4-9)6-8-10-7-11-13(8)2/h7H,3-6,9H2,1-2H3. The van der Waals surface area contributed by atoms with Crippen molar-refractivity contribution in [3.05, 3.63) is 12.2 Å². The van der Waals surface area contributed by atoms with Crippen molar-refractivity contribution < 1.29 is 0 Å². The van der Waals surface area contributed by atoms with Crippen LogP contribution in [0.2, 0.25) is 0 Å². The van der Waals surface area contributed by atoms with Crippen LogP contribution in [0.5, 0.6) is 0 Å². The van der Waals surface area contributed by atoms with Gasteiger partial charge in [0.15, 0.2) is 0 Å². The van der Waals surface area contributed by atoms with E-state index in [9.17, 15) is 0 Å². The molecule has 0 bridgehead atoms. The minimum absolute atomic E-state index is 0.739. The van der Waals surface area contributed by atoms with Crippen LogP contribution in [0.15, 0.2) is 6.33 Å². The summed E-state index contributed by atoms with van der Waals surface area (Å²) >= 11 is 0. The van der Waals surface area contributed by atoms with Crippen LogP contribution in [0.1, 0.15) is 12.2 Å². The molecule has 0 radical (unpaired) electrons. The Labute approximate surface area is 78.5 Å². The first kappa shape index (κ1) is 10.1. The van der Waals surface area contributed by atoms with E-state index >= 15 is 0 Å². The van der Waals surface area contributed by atoms with Crippen LogP contribution >= 0.6 is 0 Å². The van der Waals surface area contributed by atoms with Crippen molar-refractivity contribution in [3.63, 3.8) is 0 Å². The van der Waals surface area contributed by atoms with Crippen LogP contribution in [0.25, 0.3) is 0 Å². The number of nitrogens with two attached hydrogens (primary N) is 1. The third-order valence-electron chi connectivity index (χ3n) is 1.96. The molecule has 1 heterocycles. The van der Waals surface area contributed by atoms with Crippen molar-refractivity contribution >= 4 is 0 Å². The molecule has 1 rings (SSSR count). The highest BCUT2D eigenvalue weighted by Crippen LogP contribution is 1.97. The van der Waals surface area contributed by atoms with Crippen LogP contribution < -0.4 is 5.73 Å². The number of aromatic nitrogens is 3. The number of rotatable bonds is 5. The highest BCUT2D eigenvalue weighted by Gasteiger charge is 2.03. The molecule has 0 atom stereocenters. The van der Waals surface area contributed by atoms with E-state index in [2.05, 4.69) is 22.0 Å². The molecule has 0 aromatic carbocycles. The minimum Gasteiger partial charge on any atom is -0.330 e. The summed E-state index contributed by atoms with van der Waals surface area (Å²) < 4.78 is 1.79. The molecule has 0 aliphatic heterocycles. The summed E-state index contributed by atoms with van der Waals surface area (Å²) in [5, 5.41) is 4.00. The van der Waals surface area contributed by atoms with E-state index in [1.54, 1.807) is 11.0 Å². The van der Waals surface area contributed by atoms with Crippen molar-refractivity contribution in [2.24, 2.45) is 12.8 Å². The second kappa shape index (κ2) is 4.94. The molecule has 0 amide bonds. The molecule has 0 saturated carbocycles. The molecule has 0 fully saturated rings. The molecule has 2 N–H and O–H groups in total. The van der Waals surface area contributed by atoms with Crippen LogP contribution in [0, 0.1) is 0 Å². The molecule has 5 heteroatoms. The fourth-order valence-corrected chi connectivity index (χ4v) is 1.14. The van der Waals surface area contributed by atoms with Gasteiger partial charge >= 0.3 is 0 Å². The monoisotopic (exact) mass is 183 g/mol. The molecule has 74 valence electrons. The van der Waals surface area contributed by atoms with Gasteiger partial charge in [-0.25, -0.2) is 4.98 Å². The van der Waals surface area contributed by atoms with Gasteiger partial charge in [0.1, 0.15) is 12.2 Å². The first-order valence-electron chi connectivity index (χ1n) is 4.45. The van der Waals surface area contributed by atoms with E-state index in [-0.39, 0.29) is 0 Å². The second-order valence-corrected chi connectivity index (χ2v) is 3.18. The lowest BCUT2D eigenvalue weighted by atomic mass is 10.4. The fraction of sp³-hybridized carbons (Fsp3) is 0.750. The highest BCUT2D eigenvalue weighted by molar-refractivity contribution is 4.82. The van der Waals surface area contributed by atoms with Gasteiger partial charge in [-0.05, 0) is 26.6 Å². The molecule has 5 nitrogen and oxygen atoms in total. The second-order valence-electron chi connectivity index (χ2n) is 3.18. The molecule has 0 spiro atoms. The molecule has 0 unspecified atom stereocenters. The van der Waals surface area contributed by atoms with Crippen LogP contribution in [-0.4, -0.2) is 39.8 Å². The van der Waals surface area contributed by atoms with Gasteiger partial charge in [0.05, 0.1) is 6.54 Å². The average molecular weight is 183 g/mol.